The molecule has 0 aliphatic rings. The number of hydrogen-bond donors (Lipinski definition) is 0. The molecular weight excluding hydrogens is 166 g/mol. The molecule has 1 aromatic heterocycles. The highest BCUT2D eigenvalue weighted by atomic mass is 35.5. The highest BCUT2D eigenvalue weighted by Gasteiger charge is 1.92. The molecule has 0 saturated carbocycles. The molecule has 0 N–H and O–H groups in total. The lowest BCUT2D eigenvalue weighted by molar-refractivity contribution is 0.809. The van der Waals surface area contributed by atoms with Gasteiger partial charge >= 0.3 is 0 Å². The van der Waals surface area contributed by atoms with Gasteiger partial charge < -0.3 is 0 Å². The zero-order valence-electron chi connectivity index (χ0n) is 5.72. The Morgan fingerprint density at radius 1 is 1.50 bits per heavy atom. The minimum absolute atomic E-state index is 0.777. The lowest BCUT2D eigenvalue weighted by Crippen LogP contribution is -1.80. The van der Waals surface area contributed by atoms with Crippen LogP contribution in [-0.2, 0) is 6.42 Å². The molecule has 0 spiro atoms. The molecule has 0 fully saturated rings. The summed E-state index contributed by atoms with van der Waals surface area (Å²) in [5.41, 5.74) is 0. The topological polar surface area (TPSA) is 12.9 Å². The lowest BCUT2D eigenvalue weighted by Gasteiger charge is -1.91. The third-order valence-corrected chi connectivity index (χ3v) is 2.37. The molecule has 0 unspecified atom stereocenters. The molecule has 0 aromatic carbocycles. The summed E-state index contributed by atoms with van der Waals surface area (Å²) < 4.78 is 4.01. The van der Waals surface area contributed by atoms with E-state index in [-0.39, 0.29) is 0 Å². The Kier molecular flexibility index (Phi) is 3.76. The van der Waals surface area contributed by atoms with Crippen molar-refractivity contribution < 1.29 is 0 Å². The average molecular weight is 176 g/mol. The molecule has 0 bridgehead atoms. The van der Waals surface area contributed by atoms with Gasteiger partial charge in [-0.3, -0.25) is 0 Å². The van der Waals surface area contributed by atoms with Crippen molar-refractivity contribution in [2.24, 2.45) is 0 Å². The van der Waals surface area contributed by atoms with Crippen LogP contribution in [0.5, 0.6) is 0 Å². The second kappa shape index (κ2) is 4.69. The van der Waals surface area contributed by atoms with Crippen molar-refractivity contribution >= 4 is 23.1 Å². The van der Waals surface area contributed by atoms with E-state index in [1.54, 1.807) is 11.5 Å². The molecule has 3 heteroatoms. The van der Waals surface area contributed by atoms with Crippen molar-refractivity contribution in [3.63, 3.8) is 0 Å². The Balaban J connectivity index is 2.15. The highest BCUT2D eigenvalue weighted by molar-refractivity contribution is 7.05. The molecule has 1 aromatic rings. The predicted octanol–water partition coefficient (Wildman–Crippen LogP) is 2.70. The van der Waals surface area contributed by atoms with Crippen molar-refractivity contribution in [1.29, 1.82) is 0 Å². The van der Waals surface area contributed by atoms with Gasteiger partial charge in [0.25, 0.3) is 0 Å². The second-order valence-electron chi connectivity index (χ2n) is 2.12. The molecule has 0 aliphatic carbocycles. The molecule has 56 valence electrons. The lowest BCUT2D eigenvalue weighted by atomic mass is 10.2. The van der Waals surface area contributed by atoms with Crippen LogP contribution < -0.4 is 0 Å². The van der Waals surface area contributed by atoms with Gasteiger partial charge in [0.15, 0.2) is 0 Å². The summed E-state index contributed by atoms with van der Waals surface area (Å²) in [6.45, 7) is 0. The smallest absolute Gasteiger partial charge is 0.0409 e. The monoisotopic (exact) mass is 175 g/mol. The first kappa shape index (κ1) is 8.02. The number of halogens is 1. The molecule has 0 saturated heterocycles. The minimum Gasteiger partial charge on any atom is -0.201 e. The number of alkyl halides is 1. The van der Waals surface area contributed by atoms with Crippen LogP contribution in [0.4, 0.5) is 0 Å². The van der Waals surface area contributed by atoms with Crippen LogP contribution in [0, 0.1) is 0 Å². The van der Waals surface area contributed by atoms with Crippen molar-refractivity contribution in [3.05, 3.63) is 17.1 Å². The van der Waals surface area contributed by atoms with Crippen LogP contribution in [0.2, 0.25) is 0 Å². The molecule has 0 atom stereocenters. The normalized spacial score (nSPS) is 10.1. The summed E-state index contributed by atoms with van der Waals surface area (Å²) in [4.78, 5) is 1.37. The van der Waals surface area contributed by atoms with Crippen molar-refractivity contribution in [2.75, 3.05) is 5.88 Å². The van der Waals surface area contributed by atoms with Gasteiger partial charge in [-0.05, 0) is 36.9 Å². The van der Waals surface area contributed by atoms with Crippen LogP contribution in [0.3, 0.4) is 0 Å². The number of hydrogen-bond acceptors (Lipinski definition) is 2. The SMILES string of the molecule is ClCCCCc1ccns1. The van der Waals surface area contributed by atoms with Gasteiger partial charge in [-0.15, -0.1) is 11.6 Å². The van der Waals surface area contributed by atoms with Crippen LogP contribution in [0.25, 0.3) is 0 Å². The van der Waals surface area contributed by atoms with Crippen molar-refractivity contribution in [3.8, 4) is 0 Å². The maximum atomic E-state index is 5.53. The summed E-state index contributed by atoms with van der Waals surface area (Å²) in [7, 11) is 0. The van der Waals surface area contributed by atoms with E-state index in [0.29, 0.717) is 0 Å². The third kappa shape index (κ3) is 2.67. The molecule has 1 nitrogen and oxygen atoms in total. The van der Waals surface area contributed by atoms with Gasteiger partial charge in [0.2, 0.25) is 0 Å². The van der Waals surface area contributed by atoms with E-state index in [0.717, 1.165) is 18.7 Å². The molecule has 0 aliphatic heterocycles. The van der Waals surface area contributed by atoms with Crippen LogP contribution in [-0.4, -0.2) is 10.3 Å². The fourth-order valence-corrected chi connectivity index (χ4v) is 1.57. The zero-order valence-corrected chi connectivity index (χ0v) is 7.29. The summed E-state index contributed by atoms with van der Waals surface area (Å²) in [5, 5.41) is 0. The first-order chi connectivity index (χ1) is 4.93. The highest BCUT2D eigenvalue weighted by Crippen LogP contribution is 2.08. The maximum Gasteiger partial charge on any atom is 0.0409 e. The standard InChI is InChI=1S/C7H10ClNS/c8-5-2-1-3-7-4-6-9-10-7/h4,6H,1-3,5H2. The Hall–Kier alpha value is -0.0800. The van der Waals surface area contributed by atoms with E-state index in [4.69, 9.17) is 11.6 Å². The summed E-state index contributed by atoms with van der Waals surface area (Å²) in [6, 6.07) is 2.07. The number of rotatable bonds is 4. The van der Waals surface area contributed by atoms with E-state index in [1.807, 2.05) is 6.20 Å². The first-order valence-corrected chi connectivity index (χ1v) is 4.70. The molecule has 10 heavy (non-hydrogen) atoms. The molecule has 1 heterocycles. The first-order valence-electron chi connectivity index (χ1n) is 3.39. The summed E-state index contributed by atoms with van der Waals surface area (Å²) >= 11 is 7.11. The molecule has 0 radical (unpaired) electrons. The van der Waals surface area contributed by atoms with E-state index in [9.17, 15) is 0 Å². The van der Waals surface area contributed by atoms with E-state index < -0.39 is 0 Å². The second-order valence-corrected chi connectivity index (χ2v) is 3.42. The number of unbranched alkanes of at least 4 members (excludes halogenated alkanes) is 1. The molecule has 1 rings (SSSR count). The fraction of sp³-hybridized carbons (Fsp3) is 0.571. The zero-order chi connectivity index (χ0) is 7.23. The van der Waals surface area contributed by atoms with Crippen LogP contribution >= 0.6 is 23.1 Å². The quantitative estimate of drug-likeness (QED) is 0.507. The molecular formula is C7H10ClNS. The van der Waals surface area contributed by atoms with Crippen molar-refractivity contribution in [2.45, 2.75) is 19.3 Å². The van der Waals surface area contributed by atoms with Crippen molar-refractivity contribution in [1.82, 2.24) is 4.37 Å². The molecule has 0 amide bonds. The van der Waals surface area contributed by atoms with Gasteiger partial charge in [0.05, 0.1) is 0 Å². The fourth-order valence-electron chi connectivity index (χ4n) is 0.765. The van der Waals surface area contributed by atoms with Gasteiger partial charge in [0, 0.05) is 17.0 Å². The van der Waals surface area contributed by atoms with E-state index in [1.165, 1.54) is 11.3 Å². The Morgan fingerprint density at radius 2 is 2.40 bits per heavy atom. The predicted molar refractivity (Wildman–Crippen MR) is 45.8 cm³/mol. The number of nitrogens with zero attached hydrogens (tertiary/aromatic N) is 1. The Labute approximate surface area is 70.2 Å². The van der Waals surface area contributed by atoms with Gasteiger partial charge in [0.1, 0.15) is 0 Å². The Morgan fingerprint density at radius 3 is 3.00 bits per heavy atom. The number of aromatic nitrogens is 1. The number of aryl methyl sites for hydroxylation is 1. The van der Waals surface area contributed by atoms with E-state index in [2.05, 4.69) is 10.4 Å². The van der Waals surface area contributed by atoms with Crippen LogP contribution in [0.15, 0.2) is 12.3 Å². The summed E-state index contributed by atoms with van der Waals surface area (Å²) in [6.07, 6.45) is 5.28. The van der Waals surface area contributed by atoms with Gasteiger partial charge in [-0.2, -0.15) is 0 Å². The third-order valence-electron chi connectivity index (χ3n) is 1.30. The van der Waals surface area contributed by atoms with Crippen LogP contribution in [0.1, 0.15) is 17.7 Å². The largest absolute Gasteiger partial charge is 0.201 e. The minimum atomic E-state index is 0.777. The average Bonchev–Trinajstić information content (AvgIpc) is 2.41. The van der Waals surface area contributed by atoms with Gasteiger partial charge in [-0.1, -0.05) is 0 Å². The maximum absolute atomic E-state index is 5.53. The van der Waals surface area contributed by atoms with Gasteiger partial charge in [-0.25, -0.2) is 4.37 Å². The van der Waals surface area contributed by atoms with E-state index >= 15 is 0 Å². The summed E-state index contributed by atoms with van der Waals surface area (Å²) in [5.74, 6) is 0.777. The Bertz CT molecular complexity index is 162.